The van der Waals surface area contributed by atoms with Crippen LogP contribution < -0.4 is 4.74 Å². The number of ether oxygens (including phenoxy) is 1. The molecule has 1 unspecified atom stereocenters. The second-order valence-electron chi connectivity index (χ2n) is 3.52. The maximum absolute atomic E-state index is 11.4. The molecule has 0 aliphatic carbocycles. The highest BCUT2D eigenvalue weighted by atomic mass is 79.9. The standard InChI is InChI=1S/C11H11BrO2/c1-7-6-14-11-3-2-8(4-9(7)11)10(13)5-12/h2-4,7H,5-6H2,1H3. The maximum Gasteiger partial charge on any atom is 0.173 e. The summed E-state index contributed by atoms with van der Waals surface area (Å²) < 4.78 is 5.46. The van der Waals surface area contributed by atoms with Crippen molar-refractivity contribution in [3.05, 3.63) is 29.3 Å². The molecule has 1 aromatic rings. The van der Waals surface area contributed by atoms with Crippen molar-refractivity contribution >= 4 is 21.7 Å². The van der Waals surface area contributed by atoms with Gasteiger partial charge in [0.05, 0.1) is 11.9 Å². The number of hydrogen-bond donors (Lipinski definition) is 0. The largest absolute Gasteiger partial charge is 0.493 e. The molecule has 2 rings (SSSR count). The third-order valence-electron chi connectivity index (χ3n) is 2.47. The predicted molar refractivity (Wildman–Crippen MR) is 58.5 cm³/mol. The SMILES string of the molecule is CC1COc2ccc(C(=O)CBr)cc21. The van der Waals surface area contributed by atoms with Gasteiger partial charge in [-0.15, -0.1) is 0 Å². The number of carbonyl (C=O) groups excluding carboxylic acids is 1. The third-order valence-corrected chi connectivity index (χ3v) is 2.98. The molecule has 0 bridgehead atoms. The first kappa shape index (κ1) is 9.71. The normalized spacial score (nSPS) is 18.9. The Morgan fingerprint density at radius 1 is 1.64 bits per heavy atom. The second-order valence-corrected chi connectivity index (χ2v) is 4.08. The summed E-state index contributed by atoms with van der Waals surface area (Å²) in [6.07, 6.45) is 0. The molecule has 1 aromatic carbocycles. The van der Waals surface area contributed by atoms with Crippen molar-refractivity contribution in [1.29, 1.82) is 0 Å². The van der Waals surface area contributed by atoms with E-state index in [1.54, 1.807) is 0 Å². The highest BCUT2D eigenvalue weighted by molar-refractivity contribution is 9.09. The summed E-state index contributed by atoms with van der Waals surface area (Å²) in [6.45, 7) is 2.83. The molecule has 0 N–H and O–H groups in total. The van der Waals surface area contributed by atoms with Crippen LogP contribution >= 0.6 is 15.9 Å². The van der Waals surface area contributed by atoms with E-state index in [4.69, 9.17) is 4.74 Å². The van der Waals surface area contributed by atoms with Gasteiger partial charge in [0.2, 0.25) is 0 Å². The summed E-state index contributed by atoms with van der Waals surface area (Å²) in [5.41, 5.74) is 1.91. The number of carbonyl (C=O) groups is 1. The number of alkyl halides is 1. The Morgan fingerprint density at radius 2 is 2.43 bits per heavy atom. The number of hydrogen-bond acceptors (Lipinski definition) is 2. The molecule has 2 nitrogen and oxygen atoms in total. The second kappa shape index (κ2) is 3.73. The van der Waals surface area contributed by atoms with Crippen LogP contribution in [0.2, 0.25) is 0 Å². The van der Waals surface area contributed by atoms with E-state index in [2.05, 4.69) is 22.9 Å². The van der Waals surface area contributed by atoms with Crippen molar-refractivity contribution in [1.82, 2.24) is 0 Å². The Morgan fingerprint density at radius 3 is 3.14 bits per heavy atom. The summed E-state index contributed by atoms with van der Waals surface area (Å²) in [6, 6.07) is 5.64. The van der Waals surface area contributed by atoms with Gasteiger partial charge in [0.1, 0.15) is 5.75 Å². The monoisotopic (exact) mass is 254 g/mol. The Kier molecular flexibility index (Phi) is 2.59. The highest BCUT2D eigenvalue weighted by Crippen LogP contribution is 2.34. The highest BCUT2D eigenvalue weighted by Gasteiger charge is 2.21. The van der Waals surface area contributed by atoms with Gasteiger partial charge in [0, 0.05) is 17.0 Å². The van der Waals surface area contributed by atoms with E-state index in [1.165, 1.54) is 0 Å². The average Bonchev–Trinajstić information content (AvgIpc) is 2.59. The van der Waals surface area contributed by atoms with Crippen molar-refractivity contribution in [2.45, 2.75) is 12.8 Å². The van der Waals surface area contributed by atoms with Gasteiger partial charge in [-0.25, -0.2) is 0 Å². The number of ketones is 1. The van der Waals surface area contributed by atoms with Gasteiger partial charge < -0.3 is 4.74 Å². The van der Waals surface area contributed by atoms with E-state index in [0.717, 1.165) is 23.5 Å². The van der Waals surface area contributed by atoms with Crippen LogP contribution in [0.3, 0.4) is 0 Å². The third kappa shape index (κ3) is 1.57. The smallest absolute Gasteiger partial charge is 0.173 e. The van der Waals surface area contributed by atoms with Crippen LogP contribution in [0, 0.1) is 0 Å². The number of halogens is 1. The summed E-state index contributed by atoms with van der Waals surface area (Å²) in [4.78, 5) is 11.4. The molecule has 1 heterocycles. The average molecular weight is 255 g/mol. The maximum atomic E-state index is 11.4. The van der Waals surface area contributed by atoms with Crippen molar-refractivity contribution in [3.63, 3.8) is 0 Å². The Labute approximate surface area is 91.4 Å². The van der Waals surface area contributed by atoms with E-state index in [-0.39, 0.29) is 5.78 Å². The van der Waals surface area contributed by atoms with E-state index >= 15 is 0 Å². The van der Waals surface area contributed by atoms with E-state index in [0.29, 0.717) is 11.2 Å². The first-order chi connectivity index (χ1) is 6.72. The molecule has 3 heteroatoms. The fourth-order valence-electron chi connectivity index (χ4n) is 1.62. The molecule has 1 aliphatic heterocycles. The molecular weight excluding hydrogens is 244 g/mol. The van der Waals surface area contributed by atoms with Crippen LogP contribution in [0.25, 0.3) is 0 Å². The Hall–Kier alpha value is -0.830. The van der Waals surface area contributed by atoms with Gasteiger partial charge in [-0.05, 0) is 18.2 Å². The summed E-state index contributed by atoms with van der Waals surface area (Å²) in [5.74, 6) is 1.43. The van der Waals surface area contributed by atoms with Gasteiger partial charge in [-0.1, -0.05) is 22.9 Å². The topological polar surface area (TPSA) is 26.3 Å². The van der Waals surface area contributed by atoms with Gasteiger partial charge in [-0.3, -0.25) is 4.79 Å². The van der Waals surface area contributed by atoms with E-state index in [9.17, 15) is 4.79 Å². The summed E-state index contributed by atoms with van der Waals surface area (Å²) in [5, 5.41) is 0.376. The van der Waals surface area contributed by atoms with Crippen molar-refractivity contribution in [2.24, 2.45) is 0 Å². The molecule has 0 radical (unpaired) electrons. The zero-order valence-electron chi connectivity index (χ0n) is 7.92. The van der Waals surface area contributed by atoms with Gasteiger partial charge in [0.25, 0.3) is 0 Å². The molecule has 0 spiro atoms. The van der Waals surface area contributed by atoms with Gasteiger partial charge in [-0.2, -0.15) is 0 Å². The molecule has 0 saturated heterocycles. The minimum atomic E-state index is 0.118. The zero-order valence-corrected chi connectivity index (χ0v) is 9.50. The summed E-state index contributed by atoms with van der Waals surface area (Å²) in [7, 11) is 0. The fourth-order valence-corrected chi connectivity index (χ4v) is 1.94. The number of benzene rings is 1. The molecule has 0 amide bonds. The molecular formula is C11H11BrO2. The first-order valence-corrected chi connectivity index (χ1v) is 5.70. The number of rotatable bonds is 2. The zero-order chi connectivity index (χ0) is 10.1. The lowest BCUT2D eigenvalue weighted by Gasteiger charge is -2.03. The Bertz CT molecular complexity index is 374. The van der Waals surface area contributed by atoms with Crippen LogP contribution in [0.5, 0.6) is 5.75 Å². The molecule has 0 saturated carbocycles. The minimum absolute atomic E-state index is 0.118. The van der Waals surface area contributed by atoms with E-state index in [1.807, 2.05) is 18.2 Å². The quantitative estimate of drug-likeness (QED) is 0.600. The van der Waals surface area contributed by atoms with Crippen LogP contribution in [0.4, 0.5) is 0 Å². The number of Topliss-reactive ketones (excluding diaryl/α,β-unsaturated/α-hetero) is 1. The van der Waals surface area contributed by atoms with Crippen molar-refractivity contribution in [2.75, 3.05) is 11.9 Å². The summed E-state index contributed by atoms with van der Waals surface area (Å²) >= 11 is 3.17. The minimum Gasteiger partial charge on any atom is -0.493 e. The van der Waals surface area contributed by atoms with Crippen molar-refractivity contribution in [3.8, 4) is 5.75 Å². The predicted octanol–water partition coefficient (Wildman–Crippen LogP) is 2.76. The lowest BCUT2D eigenvalue weighted by atomic mass is 10.00. The Balaban J connectivity index is 2.39. The molecule has 0 aromatic heterocycles. The van der Waals surface area contributed by atoms with Gasteiger partial charge >= 0.3 is 0 Å². The van der Waals surface area contributed by atoms with Crippen LogP contribution in [0.15, 0.2) is 18.2 Å². The van der Waals surface area contributed by atoms with Gasteiger partial charge in [0.15, 0.2) is 5.78 Å². The van der Waals surface area contributed by atoms with E-state index < -0.39 is 0 Å². The molecule has 1 aliphatic rings. The molecule has 14 heavy (non-hydrogen) atoms. The lowest BCUT2D eigenvalue weighted by Crippen LogP contribution is -2.00. The van der Waals surface area contributed by atoms with Crippen molar-refractivity contribution < 1.29 is 9.53 Å². The van der Waals surface area contributed by atoms with Crippen LogP contribution in [0.1, 0.15) is 28.8 Å². The fraction of sp³-hybridized carbons (Fsp3) is 0.364. The lowest BCUT2D eigenvalue weighted by molar-refractivity contribution is 0.102. The number of fused-ring (bicyclic) bond motifs is 1. The van der Waals surface area contributed by atoms with Crippen LogP contribution in [-0.2, 0) is 0 Å². The first-order valence-electron chi connectivity index (χ1n) is 4.58. The van der Waals surface area contributed by atoms with Crippen LogP contribution in [-0.4, -0.2) is 17.7 Å². The molecule has 1 atom stereocenters. The molecule has 0 fully saturated rings. The molecule has 74 valence electrons.